The minimum Gasteiger partial charge on any atom is -0.392 e. The molecule has 0 atom stereocenters. The van der Waals surface area contributed by atoms with E-state index in [0.29, 0.717) is 11.3 Å². The van der Waals surface area contributed by atoms with Crippen LogP contribution >= 0.6 is 0 Å². The Balaban J connectivity index is 2.02. The maximum absolute atomic E-state index is 13.3. The molecule has 0 aliphatic rings. The van der Waals surface area contributed by atoms with Gasteiger partial charge in [0.05, 0.1) is 11.5 Å². The quantitative estimate of drug-likeness (QED) is 0.611. The highest BCUT2D eigenvalue weighted by atomic mass is 19.1. The topological polar surface area (TPSA) is 110 Å². The fourth-order valence-electron chi connectivity index (χ4n) is 2.36. The van der Waals surface area contributed by atoms with E-state index >= 15 is 0 Å². The van der Waals surface area contributed by atoms with Crippen molar-refractivity contribution in [1.29, 1.82) is 0 Å². The van der Waals surface area contributed by atoms with Gasteiger partial charge in [0.25, 0.3) is 0 Å². The van der Waals surface area contributed by atoms with Crippen LogP contribution in [-0.4, -0.2) is 25.7 Å². The van der Waals surface area contributed by atoms with Gasteiger partial charge in [0.2, 0.25) is 5.91 Å². The number of nitro groups is 1. The zero-order valence-electron chi connectivity index (χ0n) is 13.2. The molecule has 2 N–H and O–H groups in total. The molecular formula is C15H17FN4O4. The molecule has 128 valence electrons. The Kier molecular flexibility index (Phi) is 5.24. The molecule has 9 heteroatoms. The standard InChI is InChI=1S/C15H17FN4O4/c1-9-15(20(23)24)10(2)19(18-9)7-14(22)17-6-11-3-4-13(16)12(5-11)8-21/h3-5,21H,6-8H2,1-2H3,(H,17,22). The molecule has 0 fully saturated rings. The highest BCUT2D eigenvalue weighted by Gasteiger charge is 2.22. The summed E-state index contributed by atoms with van der Waals surface area (Å²) in [6.45, 7) is 2.60. The maximum Gasteiger partial charge on any atom is 0.312 e. The third kappa shape index (κ3) is 3.74. The molecule has 1 aromatic heterocycles. The lowest BCUT2D eigenvalue weighted by Crippen LogP contribution is -2.28. The van der Waals surface area contributed by atoms with Crippen LogP contribution in [0.25, 0.3) is 0 Å². The molecular weight excluding hydrogens is 319 g/mol. The number of nitrogens with one attached hydrogen (secondary N) is 1. The van der Waals surface area contributed by atoms with Crippen LogP contribution in [-0.2, 0) is 24.5 Å². The van der Waals surface area contributed by atoms with E-state index in [1.165, 1.54) is 36.7 Å². The molecule has 24 heavy (non-hydrogen) atoms. The van der Waals surface area contributed by atoms with E-state index in [2.05, 4.69) is 10.4 Å². The van der Waals surface area contributed by atoms with Gasteiger partial charge in [-0.1, -0.05) is 6.07 Å². The van der Waals surface area contributed by atoms with Gasteiger partial charge in [-0.15, -0.1) is 0 Å². The predicted octanol–water partition coefficient (Wildman–Crippen LogP) is 1.36. The van der Waals surface area contributed by atoms with Gasteiger partial charge in [-0.3, -0.25) is 19.6 Å². The Labute approximate surface area is 137 Å². The number of amides is 1. The third-order valence-electron chi connectivity index (χ3n) is 3.59. The SMILES string of the molecule is Cc1nn(CC(=O)NCc2ccc(F)c(CO)c2)c(C)c1[N+](=O)[O-]. The van der Waals surface area contributed by atoms with E-state index in [1.54, 1.807) is 0 Å². The monoisotopic (exact) mass is 336 g/mol. The summed E-state index contributed by atoms with van der Waals surface area (Å²) < 4.78 is 14.6. The number of halogens is 1. The number of aliphatic hydroxyl groups is 1. The number of aryl methyl sites for hydroxylation is 1. The van der Waals surface area contributed by atoms with Gasteiger partial charge in [-0.05, 0) is 31.5 Å². The minimum absolute atomic E-state index is 0.103. The van der Waals surface area contributed by atoms with Gasteiger partial charge < -0.3 is 10.4 Å². The first kappa shape index (κ1) is 17.5. The van der Waals surface area contributed by atoms with Crippen molar-refractivity contribution in [2.75, 3.05) is 0 Å². The van der Waals surface area contributed by atoms with Crippen LogP contribution < -0.4 is 5.32 Å². The van der Waals surface area contributed by atoms with Crippen molar-refractivity contribution >= 4 is 11.6 Å². The summed E-state index contributed by atoms with van der Waals surface area (Å²) in [5.41, 5.74) is 1.23. The van der Waals surface area contributed by atoms with Crippen molar-refractivity contribution < 1.29 is 19.2 Å². The summed E-state index contributed by atoms with van der Waals surface area (Å²) >= 11 is 0. The van der Waals surface area contributed by atoms with Gasteiger partial charge in [0.15, 0.2) is 0 Å². The molecule has 8 nitrogen and oxygen atoms in total. The van der Waals surface area contributed by atoms with Crippen LogP contribution in [0.5, 0.6) is 0 Å². The second-order valence-corrected chi connectivity index (χ2v) is 5.29. The molecule has 0 aliphatic carbocycles. The van der Waals surface area contributed by atoms with Crippen LogP contribution in [0, 0.1) is 29.8 Å². The molecule has 2 aromatic rings. The lowest BCUT2D eigenvalue weighted by atomic mass is 10.1. The minimum atomic E-state index is -0.527. The lowest BCUT2D eigenvalue weighted by Gasteiger charge is -2.08. The Morgan fingerprint density at radius 3 is 2.75 bits per heavy atom. The van der Waals surface area contributed by atoms with Crippen molar-refractivity contribution in [2.45, 2.75) is 33.5 Å². The number of aromatic nitrogens is 2. The second kappa shape index (κ2) is 7.18. The van der Waals surface area contributed by atoms with Crippen LogP contribution in [0.15, 0.2) is 18.2 Å². The molecule has 0 saturated heterocycles. The molecule has 0 saturated carbocycles. The fraction of sp³-hybridized carbons (Fsp3) is 0.333. The smallest absolute Gasteiger partial charge is 0.312 e. The first-order chi connectivity index (χ1) is 11.3. The van der Waals surface area contributed by atoms with E-state index in [-0.39, 0.29) is 35.9 Å². The summed E-state index contributed by atoms with van der Waals surface area (Å²) in [5.74, 6) is -0.895. The summed E-state index contributed by atoms with van der Waals surface area (Å²) in [6, 6.07) is 4.18. The number of nitrogens with zero attached hydrogens (tertiary/aromatic N) is 3. The predicted molar refractivity (Wildman–Crippen MR) is 82.5 cm³/mol. The van der Waals surface area contributed by atoms with E-state index in [0.717, 1.165) is 0 Å². The second-order valence-electron chi connectivity index (χ2n) is 5.29. The summed E-state index contributed by atoms with van der Waals surface area (Å²) in [5, 5.41) is 26.6. The van der Waals surface area contributed by atoms with Gasteiger partial charge in [0.1, 0.15) is 23.7 Å². The zero-order chi connectivity index (χ0) is 17.9. The molecule has 2 rings (SSSR count). The Hall–Kier alpha value is -2.81. The van der Waals surface area contributed by atoms with Crippen LogP contribution in [0.3, 0.4) is 0 Å². The molecule has 0 unspecified atom stereocenters. The summed E-state index contributed by atoms with van der Waals surface area (Å²) in [4.78, 5) is 22.4. The molecule has 1 amide bonds. The van der Waals surface area contributed by atoms with Crippen molar-refractivity contribution in [3.8, 4) is 0 Å². The molecule has 1 aromatic carbocycles. The number of carbonyl (C=O) groups excluding carboxylic acids is 1. The maximum atomic E-state index is 13.3. The van der Waals surface area contributed by atoms with E-state index in [1.807, 2.05) is 0 Å². The fourth-order valence-corrected chi connectivity index (χ4v) is 2.36. The molecule has 0 aliphatic heterocycles. The number of hydrogen-bond donors (Lipinski definition) is 2. The molecule has 0 spiro atoms. The average Bonchev–Trinajstić information content (AvgIpc) is 2.80. The molecule has 0 bridgehead atoms. The van der Waals surface area contributed by atoms with Crippen molar-refractivity contribution in [3.63, 3.8) is 0 Å². The van der Waals surface area contributed by atoms with Gasteiger partial charge in [-0.2, -0.15) is 5.10 Å². The first-order valence-electron chi connectivity index (χ1n) is 7.16. The first-order valence-corrected chi connectivity index (χ1v) is 7.16. The highest BCUT2D eigenvalue weighted by molar-refractivity contribution is 5.75. The van der Waals surface area contributed by atoms with E-state index in [4.69, 9.17) is 5.11 Å². The Morgan fingerprint density at radius 1 is 1.46 bits per heavy atom. The number of rotatable bonds is 6. The number of aliphatic hydroxyl groups excluding tert-OH is 1. The van der Waals surface area contributed by atoms with Crippen LogP contribution in [0.1, 0.15) is 22.5 Å². The molecule has 1 heterocycles. The Bertz CT molecular complexity index is 788. The average molecular weight is 336 g/mol. The van der Waals surface area contributed by atoms with Crippen molar-refractivity contribution in [2.24, 2.45) is 0 Å². The summed E-state index contributed by atoms with van der Waals surface area (Å²) in [6.07, 6.45) is 0. The highest BCUT2D eigenvalue weighted by Crippen LogP contribution is 2.21. The van der Waals surface area contributed by atoms with Crippen molar-refractivity contribution in [1.82, 2.24) is 15.1 Å². The number of benzene rings is 1. The largest absolute Gasteiger partial charge is 0.392 e. The van der Waals surface area contributed by atoms with Gasteiger partial charge in [0, 0.05) is 12.1 Å². The van der Waals surface area contributed by atoms with E-state index in [9.17, 15) is 19.3 Å². The zero-order valence-corrected chi connectivity index (χ0v) is 13.2. The normalized spacial score (nSPS) is 10.7. The van der Waals surface area contributed by atoms with Crippen molar-refractivity contribution in [3.05, 3.63) is 56.6 Å². The van der Waals surface area contributed by atoms with E-state index < -0.39 is 17.3 Å². The third-order valence-corrected chi connectivity index (χ3v) is 3.59. The van der Waals surface area contributed by atoms with Gasteiger partial charge >= 0.3 is 5.69 Å². The lowest BCUT2D eigenvalue weighted by molar-refractivity contribution is -0.386. The van der Waals surface area contributed by atoms with Crippen LogP contribution in [0.4, 0.5) is 10.1 Å². The summed E-state index contributed by atoms with van der Waals surface area (Å²) in [7, 11) is 0. The van der Waals surface area contributed by atoms with Crippen LogP contribution in [0.2, 0.25) is 0 Å². The van der Waals surface area contributed by atoms with Gasteiger partial charge in [-0.25, -0.2) is 4.39 Å². The molecule has 0 radical (unpaired) electrons. The number of hydrogen-bond acceptors (Lipinski definition) is 5. The number of carbonyl (C=O) groups is 1. The Morgan fingerprint density at radius 2 is 2.17 bits per heavy atom.